The van der Waals surface area contributed by atoms with E-state index in [1.165, 1.54) is 11.1 Å². The van der Waals surface area contributed by atoms with Crippen molar-refractivity contribution in [1.29, 1.82) is 0 Å². The van der Waals surface area contributed by atoms with E-state index in [0.29, 0.717) is 23.7 Å². The maximum Gasteiger partial charge on any atom is 0.254 e. The van der Waals surface area contributed by atoms with Crippen LogP contribution in [-0.2, 0) is 13.6 Å². The SMILES string of the molecule is Cn1cc(C2CN(C(=O)c3cccc(Cl)c3)Cc3ccccc32)cn1. The van der Waals surface area contributed by atoms with Crippen LogP contribution in [-0.4, -0.2) is 27.1 Å². The van der Waals surface area contributed by atoms with E-state index in [2.05, 4.69) is 23.3 Å². The van der Waals surface area contributed by atoms with E-state index >= 15 is 0 Å². The zero-order valence-corrected chi connectivity index (χ0v) is 14.6. The molecule has 2 heterocycles. The van der Waals surface area contributed by atoms with Gasteiger partial charge in [-0.2, -0.15) is 5.10 Å². The maximum atomic E-state index is 13.0. The molecule has 126 valence electrons. The zero-order chi connectivity index (χ0) is 17.4. The van der Waals surface area contributed by atoms with Gasteiger partial charge in [-0.15, -0.1) is 0 Å². The van der Waals surface area contributed by atoms with Crippen molar-refractivity contribution in [3.63, 3.8) is 0 Å². The van der Waals surface area contributed by atoms with Crippen LogP contribution in [0.5, 0.6) is 0 Å². The lowest BCUT2D eigenvalue weighted by atomic mass is 9.86. The molecule has 1 aliphatic heterocycles. The molecule has 1 aromatic heterocycles. The lowest BCUT2D eigenvalue weighted by molar-refractivity contribution is 0.0725. The Kier molecular flexibility index (Phi) is 4.06. The van der Waals surface area contributed by atoms with Crippen LogP contribution in [0.1, 0.15) is 33.0 Å². The van der Waals surface area contributed by atoms with Gasteiger partial charge in [0.25, 0.3) is 5.91 Å². The Labute approximate surface area is 151 Å². The van der Waals surface area contributed by atoms with Crippen LogP contribution in [0, 0.1) is 0 Å². The predicted molar refractivity (Wildman–Crippen MR) is 97.7 cm³/mol. The van der Waals surface area contributed by atoms with E-state index in [4.69, 9.17) is 11.6 Å². The van der Waals surface area contributed by atoms with Crippen molar-refractivity contribution in [2.75, 3.05) is 6.54 Å². The second-order valence-corrected chi connectivity index (χ2v) is 6.83. The summed E-state index contributed by atoms with van der Waals surface area (Å²) in [5.41, 5.74) is 4.19. The Morgan fingerprint density at radius 3 is 2.80 bits per heavy atom. The topological polar surface area (TPSA) is 38.1 Å². The fourth-order valence-electron chi connectivity index (χ4n) is 3.47. The van der Waals surface area contributed by atoms with Crippen molar-refractivity contribution >= 4 is 17.5 Å². The van der Waals surface area contributed by atoms with E-state index in [0.717, 1.165) is 5.56 Å². The number of aromatic nitrogens is 2. The average molecular weight is 352 g/mol. The number of rotatable bonds is 2. The van der Waals surface area contributed by atoms with Crippen LogP contribution in [0.4, 0.5) is 0 Å². The first-order chi connectivity index (χ1) is 12.1. The lowest BCUT2D eigenvalue weighted by Crippen LogP contribution is -2.38. The molecule has 0 bridgehead atoms. The standard InChI is InChI=1S/C20H18ClN3O/c1-23-11-16(10-22-23)19-13-24(12-15-5-2-3-8-18(15)19)20(25)14-6-4-7-17(21)9-14/h2-11,19H,12-13H2,1H3. The van der Waals surface area contributed by atoms with Crippen LogP contribution in [0.3, 0.4) is 0 Å². The summed E-state index contributed by atoms with van der Waals surface area (Å²) >= 11 is 6.05. The van der Waals surface area contributed by atoms with Crippen molar-refractivity contribution in [1.82, 2.24) is 14.7 Å². The molecule has 0 radical (unpaired) electrons. The normalized spacial score (nSPS) is 16.6. The van der Waals surface area contributed by atoms with Gasteiger partial charge in [-0.1, -0.05) is 41.9 Å². The number of hydrogen-bond acceptors (Lipinski definition) is 2. The first-order valence-corrected chi connectivity index (χ1v) is 8.61. The molecule has 3 aromatic rings. The Hall–Kier alpha value is -2.59. The van der Waals surface area contributed by atoms with Gasteiger partial charge in [-0.3, -0.25) is 9.48 Å². The molecule has 0 saturated heterocycles. The minimum Gasteiger partial charge on any atom is -0.333 e. The number of fused-ring (bicyclic) bond motifs is 1. The summed E-state index contributed by atoms with van der Waals surface area (Å²) in [6.07, 6.45) is 3.91. The van der Waals surface area contributed by atoms with E-state index in [1.54, 1.807) is 16.8 Å². The zero-order valence-electron chi connectivity index (χ0n) is 13.9. The number of halogens is 1. The minimum atomic E-state index is 0.00546. The number of aryl methyl sites for hydroxylation is 1. The molecule has 1 amide bonds. The van der Waals surface area contributed by atoms with Crippen LogP contribution >= 0.6 is 11.6 Å². The van der Waals surface area contributed by atoms with Gasteiger partial charge in [0.2, 0.25) is 0 Å². The van der Waals surface area contributed by atoms with E-state index in [9.17, 15) is 4.79 Å². The summed E-state index contributed by atoms with van der Waals surface area (Å²) in [5.74, 6) is 0.132. The van der Waals surface area contributed by atoms with Gasteiger partial charge < -0.3 is 4.90 Å². The second kappa shape index (κ2) is 6.37. The highest BCUT2D eigenvalue weighted by molar-refractivity contribution is 6.30. The van der Waals surface area contributed by atoms with Crippen molar-refractivity contribution in [3.8, 4) is 0 Å². The van der Waals surface area contributed by atoms with Gasteiger partial charge in [0.05, 0.1) is 6.20 Å². The lowest BCUT2D eigenvalue weighted by Gasteiger charge is -2.34. The number of benzene rings is 2. The highest BCUT2D eigenvalue weighted by atomic mass is 35.5. The summed E-state index contributed by atoms with van der Waals surface area (Å²) < 4.78 is 1.80. The molecule has 0 N–H and O–H groups in total. The monoisotopic (exact) mass is 351 g/mol. The van der Waals surface area contributed by atoms with E-state index < -0.39 is 0 Å². The Bertz CT molecular complexity index is 934. The predicted octanol–water partition coefficient (Wildman–Crippen LogP) is 3.86. The number of carbonyl (C=O) groups is 1. The quantitative estimate of drug-likeness (QED) is 0.703. The molecule has 0 spiro atoms. The molecular formula is C20H18ClN3O. The van der Waals surface area contributed by atoms with Gasteiger partial charge in [0, 0.05) is 42.8 Å². The van der Waals surface area contributed by atoms with Gasteiger partial charge >= 0.3 is 0 Å². The van der Waals surface area contributed by atoms with Crippen molar-refractivity contribution in [2.45, 2.75) is 12.5 Å². The van der Waals surface area contributed by atoms with Crippen molar-refractivity contribution in [2.24, 2.45) is 7.05 Å². The molecule has 5 heteroatoms. The third kappa shape index (κ3) is 3.05. The summed E-state index contributed by atoms with van der Waals surface area (Å²) in [6.45, 7) is 1.24. The fraction of sp³-hybridized carbons (Fsp3) is 0.200. The molecule has 4 rings (SSSR count). The molecule has 0 fully saturated rings. The van der Waals surface area contributed by atoms with Crippen LogP contribution < -0.4 is 0 Å². The minimum absolute atomic E-state index is 0.00546. The Balaban J connectivity index is 1.71. The first-order valence-electron chi connectivity index (χ1n) is 8.23. The molecule has 25 heavy (non-hydrogen) atoms. The van der Waals surface area contributed by atoms with E-state index in [1.807, 2.05) is 42.5 Å². The van der Waals surface area contributed by atoms with Gasteiger partial charge in [-0.05, 0) is 34.9 Å². The summed E-state index contributed by atoms with van der Waals surface area (Å²) in [6, 6.07) is 15.4. The molecule has 1 unspecified atom stereocenters. The largest absolute Gasteiger partial charge is 0.333 e. The molecule has 2 aromatic carbocycles. The molecule has 0 saturated carbocycles. The van der Waals surface area contributed by atoms with Crippen molar-refractivity contribution < 1.29 is 4.79 Å². The smallest absolute Gasteiger partial charge is 0.254 e. The third-order valence-corrected chi connectivity index (χ3v) is 4.92. The number of nitrogens with zero attached hydrogens (tertiary/aromatic N) is 3. The fourth-order valence-corrected chi connectivity index (χ4v) is 3.66. The highest BCUT2D eigenvalue weighted by Gasteiger charge is 2.30. The highest BCUT2D eigenvalue weighted by Crippen LogP contribution is 2.34. The van der Waals surface area contributed by atoms with Gasteiger partial charge in [-0.25, -0.2) is 0 Å². The van der Waals surface area contributed by atoms with Crippen molar-refractivity contribution in [3.05, 3.63) is 88.2 Å². The second-order valence-electron chi connectivity index (χ2n) is 6.39. The van der Waals surface area contributed by atoms with Gasteiger partial charge in [0.1, 0.15) is 0 Å². The molecule has 1 atom stereocenters. The summed E-state index contributed by atoms with van der Waals surface area (Å²) in [4.78, 5) is 14.9. The molecule has 1 aliphatic rings. The Morgan fingerprint density at radius 2 is 2.04 bits per heavy atom. The van der Waals surface area contributed by atoms with Crippen LogP contribution in [0.15, 0.2) is 60.9 Å². The first kappa shape index (κ1) is 15.9. The Morgan fingerprint density at radius 1 is 1.20 bits per heavy atom. The van der Waals surface area contributed by atoms with Crippen LogP contribution in [0.2, 0.25) is 5.02 Å². The number of amides is 1. The van der Waals surface area contributed by atoms with Crippen LogP contribution in [0.25, 0.3) is 0 Å². The molecule has 4 nitrogen and oxygen atoms in total. The molecular weight excluding hydrogens is 334 g/mol. The number of hydrogen-bond donors (Lipinski definition) is 0. The summed E-state index contributed by atoms with van der Waals surface area (Å²) in [7, 11) is 1.91. The number of carbonyl (C=O) groups excluding carboxylic acids is 1. The molecule has 0 aliphatic carbocycles. The van der Waals surface area contributed by atoms with E-state index in [-0.39, 0.29) is 11.8 Å². The summed E-state index contributed by atoms with van der Waals surface area (Å²) in [5, 5.41) is 4.88. The van der Waals surface area contributed by atoms with Gasteiger partial charge in [0.15, 0.2) is 0 Å². The average Bonchev–Trinajstić information content (AvgIpc) is 3.06. The third-order valence-electron chi connectivity index (χ3n) is 4.68. The maximum absolute atomic E-state index is 13.0.